The molecular formula is C19H26N2O4S. The highest BCUT2D eigenvalue weighted by Gasteiger charge is 2.31. The summed E-state index contributed by atoms with van der Waals surface area (Å²) in [5, 5.41) is 4.84. The van der Waals surface area contributed by atoms with Gasteiger partial charge in [-0.2, -0.15) is 0 Å². The van der Waals surface area contributed by atoms with Crippen LogP contribution in [0, 0.1) is 5.92 Å². The Morgan fingerprint density at radius 1 is 1.19 bits per heavy atom. The third kappa shape index (κ3) is 4.63. The zero-order valence-corrected chi connectivity index (χ0v) is 15.9. The number of amides is 2. The Kier molecular flexibility index (Phi) is 6.29. The lowest BCUT2D eigenvalue weighted by atomic mass is 9.97. The molecule has 1 atom stereocenters. The first-order chi connectivity index (χ1) is 12.5. The number of hydrogen-bond acceptors (Lipinski definition) is 5. The number of carbonyl (C=O) groups excluding carboxylic acids is 3. The Morgan fingerprint density at radius 2 is 1.88 bits per heavy atom. The van der Waals surface area contributed by atoms with Gasteiger partial charge in [-0.25, -0.2) is 0 Å². The monoisotopic (exact) mass is 378 g/mol. The smallest absolute Gasteiger partial charge is 0.309 e. The van der Waals surface area contributed by atoms with E-state index in [1.807, 2.05) is 17.5 Å². The van der Waals surface area contributed by atoms with Crippen molar-refractivity contribution >= 4 is 29.1 Å². The molecule has 142 valence electrons. The summed E-state index contributed by atoms with van der Waals surface area (Å²) in [6.45, 7) is 2.70. The van der Waals surface area contributed by atoms with Crippen LogP contribution in [0.3, 0.4) is 0 Å². The largest absolute Gasteiger partial charge is 0.452 e. The second-order valence-electron chi connectivity index (χ2n) is 7.11. The van der Waals surface area contributed by atoms with Gasteiger partial charge in [0.25, 0.3) is 11.8 Å². The first kappa shape index (κ1) is 18.9. The van der Waals surface area contributed by atoms with E-state index in [-0.39, 0.29) is 29.7 Å². The van der Waals surface area contributed by atoms with Gasteiger partial charge in [-0.1, -0.05) is 18.9 Å². The summed E-state index contributed by atoms with van der Waals surface area (Å²) in [6, 6.07) is 3.90. The zero-order valence-electron chi connectivity index (χ0n) is 15.1. The highest BCUT2D eigenvalue weighted by Crippen LogP contribution is 2.22. The molecule has 0 unspecified atom stereocenters. The molecule has 26 heavy (non-hydrogen) atoms. The molecule has 1 aliphatic carbocycles. The predicted molar refractivity (Wildman–Crippen MR) is 98.9 cm³/mol. The highest BCUT2D eigenvalue weighted by molar-refractivity contribution is 7.12. The van der Waals surface area contributed by atoms with Crippen molar-refractivity contribution in [2.75, 3.05) is 13.1 Å². The van der Waals surface area contributed by atoms with E-state index in [9.17, 15) is 14.4 Å². The molecule has 1 aromatic rings. The first-order valence-corrected chi connectivity index (χ1v) is 10.3. The SMILES string of the molecule is C[C@H](OC(=O)C1CCN(C(=O)c2cccs2)CC1)C(=O)NC1CCCC1. The molecule has 2 amide bonds. The highest BCUT2D eigenvalue weighted by atomic mass is 32.1. The fourth-order valence-corrected chi connectivity index (χ4v) is 4.28. The van der Waals surface area contributed by atoms with Crippen molar-refractivity contribution in [3.8, 4) is 0 Å². The summed E-state index contributed by atoms with van der Waals surface area (Å²) >= 11 is 1.43. The van der Waals surface area contributed by atoms with Crippen LogP contribution >= 0.6 is 11.3 Å². The average molecular weight is 378 g/mol. The molecule has 6 nitrogen and oxygen atoms in total. The molecule has 0 bridgehead atoms. The lowest BCUT2D eigenvalue weighted by Gasteiger charge is -2.31. The van der Waals surface area contributed by atoms with Gasteiger partial charge < -0.3 is 15.0 Å². The third-order valence-electron chi connectivity index (χ3n) is 5.21. The van der Waals surface area contributed by atoms with Gasteiger partial charge >= 0.3 is 5.97 Å². The Balaban J connectivity index is 1.43. The first-order valence-electron chi connectivity index (χ1n) is 9.38. The van der Waals surface area contributed by atoms with Gasteiger partial charge in [0.05, 0.1) is 10.8 Å². The minimum Gasteiger partial charge on any atom is -0.452 e. The number of nitrogens with zero attached hydrogens (tertiary/aromatic N) is 1. The number of ether oxygens (including phenoxy) is 1. The molecule has 7 heteroatoms. The maximum absolute atomic E-state index is 12.4. The van der Waals surface area contributed by atoms with Gasteiger partial charge in [0.1, 0.15) is 0 Å². The fourth-order valence-electron chi connectivity index (χ4n) is 3.59. The number of thiophene rings is 1. The van der Waals surface area contributed by atoms with Crippen LogP contribution in [0.1, 0.15) is 55.1 Å². The van der Waals surface area contributed by atoms with Crippen molar-refractivity contribution in [1.82, 2.24) is 10.2 Å². The van der Waals surface area contributed by atoms with Crippen molar-refractivity contribution < 1.29 is 19.1 Å². The van der Waals surface area contributed by atoms with Crippen molar-refractivity contribution in [3.63, 3.8) is 0 Å². The molecule has 1 N–H and O–H groups in total. The lowest BCUT2D eigenvalue weighted by Crippen LogP contribution is -2.43. The Labute approximate surface area is 157 Å². The minimum absolute atomic E-state index is 0.0242. The van der Waals surface area contributed by atoms with Crippen LogP contribution in [0.25, 0.3) is 0 Å². The van der Waals surface area contributed by atoms with Crippen LogP contribution in [-0.2, 0) is 14.3 Å². The summed E-state index contributed by atoms with van der Waals surface area (Å²) in [4.78, 5) is 39.3. The second-order valence-corrected chi connectivity index (χ2v) is 8.06. The van der Waals surface area contributed by atoms with Gasteiger partial charge in [-0.05, 0) is 44.1 Å². The maximum atomic E-state index is 12.4. The van der Waals surface area contributed by atoms with Gasteiger partial charge in [0.15, 0.2) is 6.10 Å². The third-order valence-corrected chi connectivity index (χ3v) is 6.07. The topological polar surface area (TPSA) is 75.7 Å². The molecular weight excluding hydrogens is 352 g/mol. The molecule has 2 fully saturated rings. The van der Waals surface area contributed by atoms with E-state index in [4.69, 9.17) is 4.74 Å². The lowest BCUT2D eigenvalue weighted by molar-refractivity contribution is -0.160. The Bertz CT molecular complexity index is 632. The van der Waals surface area contributed by atoms with E-state index in [2.05, 4.69) is 5.32 Å². The zero-order chi connectivity index (χ0) is 18.5. The number of rotatable bonds is 5. The van der Waals surface area contributed by atoms with Gasteiger partial charge in [0, 0.05) is 19.1 Å². The molecule has 1 aromatic heterocycles. The van der Waals surface area contributed by atoms with Crippen molar-refractivity contribution in [2.45, 2.75) is 57.6 Å². The Hall–Kier alpha value is -1.89. The molecule has 0 radical (unpaired) electrons. The molecule has 3 rings (SSSR count). The number of carbonyl (C=O) groups is 3. The van der Waals surface area contributed by atoms with Crippen molar-refractivity contribution in [3.05, 3.63) is 22.4 Å². The number of esters is 1. The minimum atomic E-state index is -0.770. The number of likely N-dealkylation sites (tertiary alicyclic amines) is 1. The molecule has 1 saturated heterocycles. The van der Waals surface area contributed by atoms with Crippen LogP contribution in [0.15, 0.2) is 17.5 Å². The fraction of sp³-hybridized carbons (Fsp3) is 0.632. The Morgan fingerprint density at radius 3 is 2.50 bits per heavy atom. The molecule has 2 heterocycles. The van der Waals surface area contributed by atoms with Crippen LogP contribution in [0.5, 0.6) is 0 Å². The quantitative estimate of drug-likeness (QED) is 0.799. The van der Waals surface area contributed by atoms with Gasteiger partial charge in [-0.15, -0.1) is 11.3 Å². The van der Waals surface area contributed by atoms with Crippen molar-refractivity contribution in [2.24, 2.45) is 5.92 Å². The molecule has 1 aliphatic heterocycles. The predicted octanol–water partition coefficient (Wildman–Crippen LogP) is 2.59. The van der Waals surface area contributed by atoms with E-state index in [0.717, 1.165) is 30.6 Å². The molecule has 2 aliphatic rings. The second kappa shape index (κ2) is 8.66. The summed E-state index contributed by atoms with van der Waals surface area (Å²) in [5.74, 6) is -0.766. The van der Waals surface area contributed by atoms with Gasteiger partial charge in [0.2, 0.25) is 0 Å². The summed E-state index contributed by atoms with van der Waals surface area (Å²) in [7, 11) is 0. The van der Waals surface area contributed by atoms with Crippen molar-refractivity contribution in [1.29, 1.82) is 0 Å². The van der Waals surface area contributed by atoms with E-state index < -0.39 is 6.10 Å². The van der Waals surface area contributed by atoms with Crippen LogP contribution in [0.2, 0.25) is 0 Å². The molecule has 0 aromatic carbocycles. The van der Waals surface area contributed by atoms with E-state index >= 15 is 0 Å². The van der Waals surface area contributed by atoms with Crippen LogP contribution < -0.4 is 5.32 Å². The maximum Gasteiger partial charge on any atom is 0.309 e. The van der Waals surface area contributed by atoms with Crippen LogP contribution in [-0.4, -0.2) is 47.9 Å². The van der Waals surface area contributed by atoms with Crippen LogP contribution in [0.4, 0.5) is 0 Å². The number of nitrogens with one attached hydrogen (secondary N) is 1. The normalized spacial score (nSPS) is 20.0. The average Bonchev–Trinajstić information content (AvgIpc) is 3.35. The standard InChI is InChI=1S/C19H26N2O4S/c1-13(17(22)20-15-5-2-3-6-15)25-19(24)14-8-10-21(11-9-14)18(23)16-7-4-12-26-16/h4,7,12-15H,2-3,5-6,8-11H2,1H3,(H,20,22)/t13-/m0/s1. The summed E-state index contributed by atoms with van der Waals surface area (Å²) in [5.41, 5.74) is 0. The van der Waals surface area contributed by atoms with E-state index in [1.165, 1.54) is 11.3 Å². The van der Waals surface area contributed by atoms with E-state index in [1.54, 1.807) is 11.8 Å². The molecule has 0 spiro atoms. The number of piperidine rings is 1. The summed E-state index contributed by atoms with van der Waals surface area (Å²) < 4.78 is 5.38. The van der Waals surface area contributed by atoms with Gasteiger partial charge in [-0.3, -0.25) is 14.4 Å². The molecule has 1 saturated carbocycles. The van der Waals surface area contributed by atoms with E-state index in [0.29, 0.717) is 25.9 Å². The number of hydrogen-bond donors (Lipinski definition) is 1. The summed E-state index contributed by atoms with van der Waals surface area (Å²) in [6.07, 6.45) is 4.67.